The topological polar surface area (TPSA) is 125 Å². The predicted molar refractivity (Wildman–Crippen MR) is 121 cm³/mol. The Kier molecular flexibility index (Phi) is 8.57. The highest BCUT2D eigenvalue weighted by atomic mass is 16.6. The Bertz CT molecular complexity index is 968. The Morgan fingerprint density at radius 3 is 2.24 bits per heavy atom. The lowest BCUT2D eigenvalue weighted by molar-refractivity contribution is -0.146. The van der Waals surface area contributed by atoms with E-state index < -0.39 is 37.0 Å². The van der Waals surface area contributed by atoms with E-state index in [4.69, 9.17) is 15.2 Å². The predicted octanol–water partition coefficient (Wildman–Crippen LogP) is 3.49. The molecule has 1 aliphatic carbocycles. The zero-order valence-corrected chi connectivity index (χ0v) is 18.3. The van der Waals surface area contributed by atoms with Crippen molar-refractivity contribution < 1.29 is 28.7 Å². The molecular weight excluding hydrogens is 424 g/mol. The molecule has 8 nitrogen and oxygen atoms in total. The van der Waals surface area contributed by atoms with E-state index in [2.05, 4.69) is 5.32 Å². The average Bonchev–Trinajstić information content (AvgIpc) is 2.83. The summed E-state index contributed by atoms with van der Waals surface area (Å²) in [5.74, 6) is -1.37. The van der Waals surface area contributed by atoms with E-state index >= 15 is 0 Å². The van der Waals surface area contributed by atoms with Crippen molar-refractivity contribution in [2.24, 2.45) is 5.73 Å². The third-order valence-corrected chi connectivity index (χ3v) is 5.59. The van der Waals surface area contributed by atoms with Crippen molar-refractivity contribution in [2.45, 2.75) is 50.5 Å². The van der Waals surface area contributed by atoms with E-state index in [9.17, 15) is 19.2 Å². The lowest BCUT2D eigenvalue weighted by Gasteiger charge is -2.22. The van der Waals surface area contributed by atoms with Gasteiger partial charge in [0.25, 0.3) is 0 Å². The molecule has 2 aromatic carbocycles. The van der Waals surface area contributed by atoms with Gasteiger partial charge >= 0.3 is 12.1 Å². The second-order valence-corrected chi connectivity index (χ2v) is 8.06. The fourth-order valence-corrected chi connectivity index (χ4v) is 3.86. The maximum atomic E-state index is 12.5. The van der Waals surface area contributed by atoms with E-state index in [0.29, 0.717) is 11.5 Å². The quantitative estimate of drug-likeness (QED) is 0.443. The van der Waals surface area contributed by atoms with E-state index in [1.54, 1.807) is 42.5 Å². The van der Waals surface area contributed by atoms with Crippen molar-refractivity contribution in [1.29, 1.82) is 0 Å². The number of nitrogens with two attached hydrogens (primary N) is 1. The maximum Gasteiger partial charge on any atom is 0.413 e. The number of carbonyl (C=O) groups excluding carboxylic acids is 4. The number of hydrogen-bond acceptors (Lipinski definition) is 6. The van der Waals surface area contributed by atoms with Crippen LogP contribution in [0.5, 0.6) is 5.75 Å². The summed E-state index contributed by atoms with van der Waals surface area (Å²) >= 11 is 0. The van der Waals surface area contributed by atoms with Gasteiger partial charge in [0, 0.05) is 5.56 Å². The van der Waals surface area contributed by atoms with Crippen LogP contribution in [0.25, 0.3) is 0 Å². The van der Waals surface area contributed by atoms with Gasteiger partial charge < -0.3 is 20.5 Å². The van der Waals surface area contributed by atoms with Gasteiger partial charge in [-0.25, -0.2) is 9.59 Å². The number of nitrogens with one attached hydrogen (secondary N) is 1. The number of carbonyl (C=O) groups is 4. The van der Waals surface area contributed by atoms with Gasteiger partial charge in [0.15, 0.2) is 12.4 Å². The molecule has 0 saturated heterocycles. The van der Waals surface area contributed by atoms with Gasteiger partial charge in [0.05, 0.1) is 6.42 Å². The van der Waals surface area contributed by atoms with E-state index in [1.165, 1.54) is 24.8 Å². The van der Waals surface area contributed by atoms with Crippen molar-refractivity contribution >= 4 is 23.8 Å². The van der Waals surface area contributed by atoms with Crippen LogP contribution in [0.2, 0.25) is 0 Å². The summed E-state index contributed by atoms with van der Waals surface area (Å²) in [6, 6.07) is 14.2. The Balaban J connectivity index is 1.53. The summed E-state index contributed by atoms with van der Waals surface area (Å²) in [6.07, 6.45) is 4.59. The number of hydrogen-bond donors (Lipinski definition) is 2. The second-order valence-electron chi connectivity index (χ2n) is 8.06. The number of amides is 2. The van der Waals surface area contributed by atoms with Gasteiger partial charge in [-0.05, 0) is 36.5 Å². The van der Waals surface area contributed by atoms with Crippen LogP contribution in [0.15, 0.2) is 54.6 Å². The lowest BCUT2D eigenvalue weighted by Crippen LogP contribution is -2.45. The minimum absolute atomic E-state index is 0.257. The highest BCUT2D eigenvalue weighted by Gasteiger charge is 2.26. The summed E-state index contributed by atoms with van der Waals surface area (Å²) in [6.45, 7) is -0.522. The lowest BCUT2D eigenvalue weighted by atomic mass is 9.84. The fraction of sp³-hybridized carbons (Fsp3) is 0.360. The molecule has 1 atom stereocenters. The molecule has 0 unspecified atom stereocenters. The molecule has 0 spiro atoms. The number of ether oxygens (including phenoxy) is 2. The van der Waals surface area contributed by atoms with Gasteiger partial charge in [-0.3, -0.25) is 9.59 Å². The Hall–Kier alpha value is -3.68. The minimum Gasteiger partial charge on any atom is -0.456 e. The molecule has 3 N–H and O–H groups in total. The first-order chi connectivity index (χ1) is 15.9. The molecule has 174 valence electrons. The molecule has 0 aliphatic heterocycles. The van der Waals surface area contributed by atoms with Crippen LogP contribution >= 0.6 is 0 Å². The largest absolute Gasteiger partial charge is 0.456 e. The molecule has 33 heavy (non-hydrogen) atoms. The molecule has 0 bridgehead atoms. The monoisotopic (exact) mass is 452 g/mol. The molecule has 1 saturated carbocycles. The maximum absolute atomic E-state index is 12.5. The zero-order valence-electron chi connectivity index (χ0n) is 18.3. The third-order valence-electron chi connectivity index (χ3n) is 5.59. The van der Waals surface area contributed by atoms with Gasteiger partial charge in [0.1, 0.15) is 11.8 Å². The first-order valence-corrected chi connectivity index (χ1v) is 11.0. The normalized spacial score (nSPS) is 14.7. The summed E-state index contributed by atoms with van der Waals surface area (Å²) in [4.78, 5) is 48.3. The van der Waals surface area contributed by atoms with Crippen LogP contribution in [0.1, 0.15) is 60.4 Å². The highest BCUT2D eigenvalue weighted by molar-refractivity contribution is 5.98. The van der Waals surface area contributed by atoms with E-state index in [1.807, 2.05) is 12.1 Å². The standard InChI is InChI=1S/C25H28N2O6/c26-23(29)15-21(27-25(31)33-20-9-5-2-6-10-20)24(30)32-16-22(28)19-13-11-18(12-14-19)17-7-3-1-4-8-17/h2,5-6,9-14,17,21H,1,3-4,7-8,15-16H2,(H2,26,29)(H,27,31)/t21-/m1/s1. The Morgan fingerprint density at radius 2 is 1.61 bits per heavy atom. The molecule has 2 amide bonds. The summed E-state index contributed by atoms with van der Waals surface area (Å²) in [5, 5.41) is 2.26. The minimum atomic E-state index is -1.37. The SMILES string of the molecule is NC(=O)C[C@@H](NC(=O)Oc1ccccc1)C(=O)OCC(=O)c1ccc(C2CCCCC2)cc1. The molecule has 0 aromatic heterocycles. The number of esters is 1. The number of rotatable bonds is 9. The van der Waals surface area contributed by atoms with Crippen LogP contribution in [-0.4, -0.2) is 36.4 Å². The molecule has 0 radical (unpaired) electrons. The molecule has 8 heteroatoms. The fourth-order valence-electron chi connectivity index (χ4n) is 3.86. The van der Waals surface area contributed by atoms with E-state index in [-0.39, 0.29) is 11.5 Å². The summed E-state index contributed by atoms with van der Waals surface area (Å²) in [5.41, 5.74) is 6.81. The second kappa shape index (κ2) is 11.8. The van der Waals surface area contributed by atoms with Gasteiger partial charge in [0.2, 0.25) is 5.91 Å². The van der Waals surface area contributed by atoms with Gasteiger partial charge in [-0.1, -0.05) is 61.7 Å². The molecule has 3 rings (SSSR count). The van der Waals surface area contributed by atoms with E-state index in [0.717, 1.165) is 12.8 Å². The molecule has 0 heterocycles. The van der Waals surface area contributed by atoms with Crippen LogP contribution < -0.4 is 15.8 Å². The van der Waals surface area contributed by atoms with Crippen LogP contribution in [0.4, 0.5) is 4.79 Å². The molecule has 1 aliphatic rings. The van der Waals surface area contributed by atoms with Crippen molar-refractivity contribution in [3.63, 3.8) is 0 Å². The van der Waals surface area contributed by atoms with Crippen molar-refractivity contribution in [2.75, 3.05) is 6.61 Å². The Morgan fingerprint density at radius 1 is 0.939 bits per heavy atom. The number of Topliss-reactive ketones (excluding diaryl/α,β-unsaturated/α-hetero) is 1. The number of primary amides is 1. The summed E-state index contributed by atoms with van der Waals surface area (Å²) < 4.78 is 10.1. The number of benzene rings is 2. The molecular formula is C25H28N2O6. The third kappa shape index (κ3) is 7.45. The summed E-state index contributed by atoms with van der Waals surface area (Å²) in [7, 11) is 0. The van der Waals surface area contributed by atoms with Crippen LogP contribution in [0, 0.1) is 0 Å². The molecule has 1 fully saturated rings. The van der Waals surface area contributed by atoms with Gasteiger partial charge in [-0.2, -0.15) is 0 Å². The first-order valence-electron chi connectivity index (χ1n) is 11.0. The smallest absolute Gasteiger partial charge is 0.413 e. The number of para-hydroxylation sites is 1. The first kappa shape index (κ1) is 24.0. The van der Waals surface area contributed by atoms with Crippen LogP contribution in [0.3, 0.4) is 0 Å². The van der Waals surface area contributed by atoms with Gasteiger partial charge in [-0.15, -0.1) is 0 Å². The molecule has 2 aromatic rings. The van der Waals surface area contributed by atoms with Crippen molar-refractivity contribution in [3.8, 4) is 5.75 Å². The highest BCUT2D eigenvalue weighted by Crippen LogP contribution is 2.32. The van der Waals surface area contributed by atoms with Crippen LogP contribution in [-0.2, 0) is 14.3 Å². The van der Waals surface area contributed by atoms with Crippen molar-refractivity contribution in [1.82, 2.24) is 5.32 Å². The average molecular weight is 453 g/mol. The Labute approximate surface area is 192 Å². The van der Waals surface area contributed by atoms with Crippen molar-refractivity contribution in [3.05, 3.63) is 65.7 Å². The zero-order chi connectivity index (χ0) is 23.6. The number of ketones is 1.